The van der Waals surface area contributed by atoms with Crippen molar-refractivity contribution in [3.05, 3.63) is 70.5 Å². The third kappa shape index (κ3) is 4.19. The normalized spacial score (nSPS) is 12.2. The highest BCUT2D eigenvalue weighted by atomic mass is 35.5. The Balaban J connectivity index is 1.60. The van der Waals surface area contributed by atoms with E-state index in [9.17, 15) is 8.42 Å². The van der Waals surface area contributed by atoms with Crippen LogP contribution >= 0.6 is 11.6 Å². The molecule has 0 saturated heterocycles. The van der Waals surface area contributed by atoms with Gasteiger partial charge in [-0.3, -0.25) is 4.40 Å². The molecular formula is C16H15ClN4O2S. The molecule has 8 heteroatoms. The summed E-state index contributed by atoms with van der Waals surface area (Å²) in [7, 11) is -3.52. The molecule has 0 aliphatic rings. The van der Waals surface area contributed by atoms with Crippen LogP contribution in [0.5, 0.6) is 0 Å². The van der Waals surface area contributed by atoms with Gasteiger partial charge in [-0.05, 0) is 35.9 Å². The van der Waals surface area contributed by atoms with Gasteiger partial charge in [0.15, 0.2) is 5.65 Å². The molecule has 0 bridgehead atoms. The number of halogens is 1. The van der Waals surface area contributed by atoms with Crippen molar-refractivity contribution in [2.75, 3.05) is 6.54 Å². The van der Waals surface area contributed by atoms with Gasteiger partial charge >= 0.3 is 0 Å². The van der Waals surface area contributed by atoms with Crippen molar-refractivity contribution in [3.63, 3.8) is 0 Å². The molecule has 0 unspecified atom stereocenters. The van der Waals surface area contributed by atoms with E-state index in [2.05, 4.69) is 14.9 Å². The number of benzene rings is 1. The average molecular weight is 363 g/mol. The molecule has 0 saturated carbocycles. The largest absolute Gasteiger partial charge is 0.286 e. The molecule has 1 aromatic carbocycles. The van der Waals surface area contributed by atoms with Crippen molar-refractivity contribution in [3.8, 4) is 0 Å². The van der Waals surface area contributed by atoms with Crippen LogP contribution in [0.15, 0.2) is 54.1 Å². The monoisotopic (exact) mass is 362 g/mol. The number of hydrogen-bond donors (Lipinski definition) is 1. The van der Waals surface area contributed by atoms with E-state index >= 15 is 0 Å². The molecule has 0 aliphatic carbocycles. The van der Waals surface area contributed by atoms with Gasteiger partial charge in [0, 0.05) is 29.6 Å². The second-order valence-corrected chi connectivity index (χ2v) is 7.18. The minimum atomic E-state index is -3.52. The van der Waals surface area contributed by atoms with E-state index in [1.54, 1.807) is 24.3 Å². The van der Waals surface area contributed by atoms with Gasteiger partial charge in [-0.2, -0.15) is 0 Å². The van der Waals surface area contributed by atoms with Crippen LogP contribution in [-0.2, 0) is 16.4 Å². The van der Waals surface area contributed by atoms with Gasteiger partial charge in [0.1, 0.15) is 5.82 Å². The number of hydrogen-bond acceptors (Lipinski definition) is 4. The van der Waals surface area contributed by atoms with Crippen LogP contribution in [0.4, 0.5) is 0 Å². The zero-order valence-corrected chi connectivity index (χ0v) is 14.2. The lowest BCUT2D eigenvalue weighted by atomic mass is 10.2. The first-order valence-electron chi connectivity index (χ1n) is 7.25. The number of rotatable bonds is 6. The van der Waals surface area contributed by atoms with Crippen LogP contribution in [0.3, 0.4) is 0 Å². The highest BCUT2D eigenvalue weighted by Gasteiger charge is 2.08. The van der Waals surface area contributed by atoms with Gasteiger partial charge in [0.05, 0.1) is 0 Å². The third-order valence-corrected chi connectivity index (χ3v) is 4.70. The predicted molar refractivity (Wildman–Crippen MR) is 94.1 cm³/mol. The van der Waals surface area contributed by atoms with Crippen molar-refractivity contribution in [2.24, 2.45) is 0 Å². The average Bonchev–Trinajstić information content (AvgIpc) is 2.98. The van der Waals surface area contributed by atoms with Crippen molar-refractivity contribution in [1.29, 1.82) is 0 Å². The lowest BCUT2D eigenvalue weighted by Gasteiger charge is -2.02. The van der Waals surface area contributed by atoms with E-state index in [0.717, 1.165) is 16.6 Å². The summed E-state index contributed by atoms with van der Waals surface area (Å²) in [5.41, 5.74) is 1.49. The van der Waals surface area contributed by atoms with Gasteiger partial charge in [0.25, 0.3) is 0 Å². The number of fused-ring (bicyclic) bond motifs is 1. The Morgan fingerprint density at radius 3 is 2.71 bits per heavy atom. The lowest BCUT2D eigenvalue weighted by Crippen LogP contribution is -2.24. The molecule has 0 atom stereocenters. The zero-order chi connectivity index (χ0) is 17.0. The summed E-state index contributed by atoms with van der Waals surface area (Å²) in [6.45, 7) is 0.239. The number of nitrogens with one attached hydrogen (secondary N) is 1. The highest BCUT2D eigenvalue weighted by Crippen LogP contribution is 2.11. The summed E-state index contributed by atoms with van der Waals surface area (Å²) in [4.78, 5) is 0. The van der Waals surface area contributed by atoms with Gasteiger partial charge in [-0.25, -0.2) is 13.1 Å². The molecule has 24 heavy (non-hydrogen) atoms. The van der Waals surface area contributed by atoms with Crippen molar-refractivity contribution in [2.45, 2.75) is 6.42 Å². The van der Waals surface area contributed by atoms with Crippen molar-refractivity contribution >= 4 is 33.3 Å². The Kier molecular flexibility index (Phi) is 4.94. The molecule has 0 fully saturated rings. The van der Waals surface area contributed by atoms with E-state index in [1.165, 1.54) is 6.08 Å². The Morgan fingerprint density at radius 1 is 1.12 bits per heavy atom. The molecule has 0 spiro atoms. The molecule has 0 amide bonds. The molecule has 3 rings (SSSR count). The van der Waals surface area contributed by atoms with E-state index in [4.69, 9.17) is 11.6 Å². The van der Waals surface area contributed by atoms with Crippen LogP contribution in [0.2, 0.25) is 5.02 Å². The maximum atomic E-state index is 12.0. The van der Waals surface area contributed by atoms with E-state index in [1.807, 2.05) is 28.8 Å². The number of aromatic nitrogens is 3. The second kappa shape index (κ2) is 7.12. The van der Waals surface area contributed by atoms with Gasteiger partial charge in [0.2, 0.25) is 10.0 Å². The van der Waals surface area contributed by atoms with Crippen LogP contribution in [0.25, 0.3) is 11.7 Å². The Hall–Kier alpha value is -2.22. The molecule has 2 aromatic heterocycles. The standard InChI is InChI=1S/C16H15ClN4O2S/c17-14-6-4-13(5-7-14)9-12-24(22,23)18-10-8-16-20-19-15-3-1-2-11-21(15)16/h1-7,9,11-12,18H,8,10H2/b12-9+. The fraction of sp³-hybridized carbons (Fsp3) is 0.125. The van der Waals surface area contributed by atoms with Crippen LogP contribution in [0.1, 0.15) is 11.4 Å². The van der Waals surface area contributed by atoms with Crippen molar-refractivity contribution < 1.29 is 8.42 Å². The highest BCUT2D eigenvalue weighted by molar-refractivity contribution is 7.92. The van der Waals surface area contributed by atoms with Crippen LogP contribution in [-0.4, -0.2) is 29.6 Å². The summed E-state index contributed by atoms with van der Waals surface area (Å²) < 4.78 is 28.3. The van der Waals surface area contributed by atoms with E-state index in [-0.39, 0.29) is 6.54 Å². The number of sulfonamides is 1. The van der Waals surface area contributed by atoms with Crippen LogP contribution in [0, 0.1) is 0 Å². The Labute approximate surface area is 144 Å². The van der Waals surface area contributed by atoms with Gasteiger partial charge in [-0.15, -0.1) is 10.2 Å². The number of nitrogens with zero attached hydrogens (tertiary/aromatic N) is 3. The number of pyridine rings is 1. The molecule has 6 nitrogen and oxygen atoms in total. The summed E-state index contributed by atoms with van der Waals surface area (Å²) in [5, 5.41) is 9.83. The molecule has 1 N–H and O–H groups in total. The first kappa shape index (κ1) is 16.6. The summed E-state index contributed by atoms with van der Waals surface area (Å²) in [6, 6.07) is 12.5. The van der Waals surface area contributed by atoms with Crippen molar-refractivity contribution in [1.82, 2.24) is 19.3 Å². The lowest BCUT2D eigenvalue weighted by molar-refractivity contribution is 0.590. The maximum Gasteiger partial charge on any atom is 0.233 e. The maximum absolute atomic E-state index is 12.0. The molecule has 2 heterocycles. The third-order valence-electron chi connectivity index (χ3n) is 3.35. The van der Waals surface area contributed by atoms with Gasteiger partial charge < -0.3 is 0 Å². The summed E-state index contributed by atoms with van der Waals surface area (Å²) >= 11 is 5.79. The SMILES string of the molecule is O=S(=O)(/C=C/c1ccc(Cl)cc1)NCCc1nnc2ccccn12. The Morgan fingerprint density at radius 2 is 1.92 bits per heavy atom. The minimum absolute atomic E-state index is 0.239. The van der Waals surface area contributed by atoms with E-state index < -0.39 is 10.0 Å². The molecule has 0 radical (unpaired) electrons. The fourth-order valence-electron chi connectivity index (χ4n) is 2.16. The minimum Gasteiger partial charge on any atom is -0.286 e. The first-order valence-corrected chi connectivity index (χ1v) is 9.18. The fourth-order valence-corrected chi connectivity index (χ4v) is 3.10. The molecular weight excluding hydrogens is 348 g/mol. The van der Waals surface area contributed by atoms with Crippen LogP contribution < -0.4 is 4.72 Å². The van der Waals surface area contributed by atoms with E-state index in [0.29, 0.717) is 17.3 Å². The molecule has 0 aliphatic heterocycles. The summed E-state index contributed by atoms with van der Waals surface area (Å²) in [5.74, 6) is 0.704. The quantitative estimate of drug-likeness (QED) is 0.731. The molecule has 3 aromatic rings. The summed E-state index contributed by atoms with van der Waals surface area (Å²) in [6.07, 6.45) is 3.81. The zero-order valence-electron chi connectivity index (χ0n) is 12.6. The topological polar surface area (TPSA) is 76.4 Å². The molecule has 124 valence electrons. The Bertz CT molecular complexity index is 965. The first-order chi connectivity index (χ1) is 11.5. The predicted octanol–water partition coefficient (Wildman–Crippen LogP) is 2.52. The second-order valence-electron chi connectivity index (χ2n) is 5.09. The van der Waals surface area contributed by atoms with Gasteiger partial charge in [-0.1, -0.05) is 29.8 Å². The smallest absolute Gasteiger partial charge is 0.233 e.